The number of thiol groups is 1. The van der Waals surface area contributed by atoms with Gasteiger partial charge in [-0.3, -0.25) is 9.52 Å². The number of hydrogen-bond donors (Lipinski definition) is 2. The van der Waals surface area contributed by atoms with Crippen molar-refractivity contribution < 1.29 is 4.79 Å². The van der Waals surface area contributed by atoms with Gasteiger partial charge < -0.3 is 0 Å². The number of Topliss-reactive ketones (excluding diaryl/α,β-unsaturated/α-hetero) is 1. The molecule has 0 saturated carbocycles. The van der Waals surface area contributed by atoms with Gasteiger partial charge in [-0.05, 0) is 13.8 Å². The lowest BCUT2D eigenvalue weighted by Crippen LogP contribution is -2.44. The minimum atomic E-state index is -0.503. The standard InChI is InChI=1S/C7H15NOS/c1-5(2)6(9)7(3,4)8-10/h5,8,10H,1-4H3. The van der Waals surface area contributed by atoms with E-state index in [0.29, 0.717) is 0 Å². The molecule has 60 valence electrons. The first-order chi connectivity index (χ1) is 4.41. The molecular weight excluding hydrogens is 146 g/mol. The lowest BCUT2D eigenvalue weighted by molar-refractivity contribution is -0.126. The molecule has 0 aromatic rings. The first kappa shape index (κ1) is 9.98. The number of nitrogens with one attached hydrogen (secondary N) is 1. The summed E-state index contributed by atoms with van der Waals surface area (Å²) in [5.41, 5.74) is -0.503. The van der Waals surface area contributed by atoms with Crippen LogP contribution < -0.4 is 4.72 Å². The largest absolute Gasteiger partial charge is 0.297 e. The highest BCUT2D eigenvalue weighted by molar-refractivity contribution is 7.78. The molecule has 0 radical (unpaired) electrons. The van der Waals surface area contributed by atoms with Crippen molar-refractivity contribution in [3.05, 3.63) is 0 Å². The summed E-state index contributed by atoms with van der Waals surface area (Å²) < 4.78 is 2.67. The molecule has 0 saturated heterocycles. The molecule has 1 N–H and O–H groups in total. The second-order valence-corrected chi connectivity index (χ2v) is 3.48. The van der Waals surface area contributed by atoms with Gasteiger partial charge in [-0.25, -0.2) is 0 Å². The van der Waals surface area contributed by atoms with Gasteiger partial charge in [-0.2, -0.15) is 0 Å². The average molecular weight is 161 g/mol. The van der Waals surface area contributed by atoms with E-state index >= 15 is 0 Å². The Kier molecular flexibility index (Phi) is 3.39. The predicted octanol–water partition coefficient (Wildman–Crippen LogP) is 1.42. The number of carbonyl (C=O) groups is 1. The Hall–Kier alpha value is -0.0200. The van der Waals surface area contributed by atoms with Gasteiger partial charge in [-0.15, -0.1) is 0 Å². The molecule has 0 bridgehead atoms. The highest BCUT2D eigenvalue weighted by Gasteiger charge is 2.27. The van der Waals surface area contributed by atoms with Crippen molar-refractivity contribution in [1.29, 1.82) is 0 Å². The van der Waals surface area contributed by atoms with Crippen LogP contribution in [0.5, 0.6) is 0 Å². The second-order valence-electron chi connectivity index (χ2n) is 3.26. The second kappa shape index (κ2) is 3.39. The molecule has 0 unspecified atom stereocenters. The quantitative estimate of drug-likeness (QED) is 0.613. The van der Waals surface area contributed by atoms with Gasteiger partial charge >= 0.3 is 0 Å². The molecule has 0 amide bonds. The topological polar surface area (TPSA) is 29.1 Å². The molecular formula is C7H15NOS. The number of carbonyl (C=O) groups excluding carboxylic acids is 1. The maximum Gasteiger partial charge on any atom is 0.155 e. The van der Waals surface area contributed by atoms with Gasteiger partial charge in [0.1, 0.15) is 0 Å². The van der Waals surface area contributed by atoms with Crippen LogP contribution in [-0.2, 0) is 4.79 Å². The van der Waals surface area contributed by atoms with E-state index in [4.69, 9.17) is 0 Å². The number of hydrogen-bond acceptors (Lipinski definition) is 3. The fourth-order valence-corrected chi connectivity index (χ4v) is 0.887. The first-order valence-electron chi connectivity index (χ1n) is 3.37. The zero-order valence-corrected chi connectivity index (χ0v) is 7.83. The molecule has 0 fully saturated rings. The third-order valence-electron chi connectivity index (χ3n) is 1.42. The molecule has 0 spiro atoms. The zero-order valence-electron chi connectivity index (χ0n) is 6.93. The Morgan fingerprint density at radius 1 is 1.50 bits per heavy atom. The van der Waals surface area contributed by atoms with Crippen LogP contribution in [0.15, 0.2) is 0 Å². The molecule has 2 nitrogen and oxygen atoms in total. The van der Waals surface area contributed by atoms with Crippen LogP contribution in [-0.4, -0.2) is 11.3 Å². The lowest BCUT2D eigenvalue weighted by Gasteiger charge is -2.23. The summed E-state index contributed by atoms with van der Waals surface area (Å²) in [7, 11) is 0. The van der Waals surface area contributed by atoms with Gasteiger partial charge in [0, 0.05) is 5.92 Å². The van der Waals surface area contributed by atoms with Crippen LogP contribution in [0.25, 0.3) is 0 Å². The Balaban J connectivity index is 4.19. The number of ketones is 1. The summed E-state index contributed by atoms with van der Waals surface area (Å²) in [6, 6.07) is 0. The summed E-state index contributed by atoms with van der Waals surface area (Å²) in [6.07, 6.45) is 0. The van der Waals surface area contributed by atoms with Gasteiger partial charge in [0.25, 0.3) is 0 Å². The smallest absolute Gasteiger partial charge is 0.155 e. The monoisotopic (exact) mass is 161 g/mol. The summed E-state index contributed by atoms with van der Waals surface area (Å²) in [6.45, 7) is 7.41. The van der Waals surface area contributed by atoms with Crippen molar-refractivity contribution in [2.24, 2.45) is 5.92 Å². The summed E-state index contributed by atoms with van der Waals surface area (Å²) in [5, 5.41) is 0. The maximum atomic E-state index is 11.3. The lowest BCUT2D eigenvalue weighted by atomic mass is 9.92. The first-order valence-corrected chi connectivity index (χ1v) is 3.82. The molecule has 10 heavy (non-hydrogen) atoms. The Bertz CT molecular complexity index is 132. The van der Waals surface area contributed by atoms with E-state index in [0.717, 1.165) is 0 Å². The van der Waals surface area contributed by atoms with E-state index in [2.05, 4.69) is 17.5 Å². The molecule has 0 heterocycles. The summed E-state index contributed by atoms with van der Waals surface area (Å²) >= 11 is 3.86. The SMILES string of the molecule is CC(C)C(=O)C(C)(C)NS. The van der Waals surface area contributed by atoms with Crippen LogP contribution in [0, 0.1) is 5.92 Å². The van der Waals surface area contributed by atoms with Crippen LogP contribution in [0.1, 0.15) is 27.7 Å². The predicted molar refractivity (Wildman–Crippen MR) is 46.0 cm³/mol. The minimum Gasteiger partial charge on any atom is -0.297 e. The van der Waals surface area contributed by atoms with E-state index in [1.165, 1.54) is 0 Å². The van der Waals surface area contributed by atoms with Crippen molar-refractivity contribution >= 4 is 18.6 Å². The van der Waals surface area contributed by atoms with E-state index in [9.17, 15) is 4.79 Å². The Morgan fingerprint density at radius 2 is 1.90 bits per heavy atom. The van der Waals surface area contributed by atoms with E-state index in [-0.39, 0.29) is 11.7 Å². The van der Waals surface area contributed by atoms with Crippen molar-refractivity contribution in [3.8, 4) is 0 Å². The van der Waals surface area contributed by atoms with Gasteiger partial charge in [0.15, 0.2) is 5.78 Å². The van der Waals surface area contributed by atoms with Gasteiger partial charge in [0.2, 0.25) is 0 Å². The van der Waals surface area contributed by atoms with Crippen molar-refractivity contribution in [3.63, 3.8) is 0 Å². The number of rotatable bonds is 3. The van der Waals surface area contributed by atoms with Gasteiger partial charge in [0.05, 0.1) is 5.54 Å². The zero-order chi connectivity index (χ0) is 8.36. The van der Waals surface area contributed by atoms with Gasteiger partial charge in [-0.1, -0.05) is 26.7 Å². The molecule has 0 rings (SSSR count). The van der Waals surface area contributed by atoms with E-state index < -0.39 is 5.54 Å². The maximum absolute atomic E-state index is 11.3. The molecule has 0 aliphatic carbocycles. The molecule has 0 aliphatic heterocycles. The van der Waals surface area contributed by atoms with Crippen LogP contribution in [0.3, 0.4) is 0 Å². The Labute approximate surface area is 67.9 Å². The normalized spacial score (nSPS) is 12.2. The molecule has 0 aromatic heterocycles. The van der Waals surface area contributed by atoms with E-state index in [1.807, 2.05) is 27.7 Å². The van der Waals surface area contributed by atoms with E-state index in [1.54, 1.807) is 0 Å². The Morgan fingerprint density at radius 3 is 2.00 bits per heavy atom. The van der Waals surface area contributed by atoms with Crippen LogP contribution in [0.2, 0.25) is 0 Å². The highest BCUT2D eigenvalue weighted by atomic mass is 32.1. The van der Waals surface area contributed by atoms with Crippen molar-refractivity contribution in [2.75, 3.05) is 0 Å². The molecule has 3 heteroatoms. The average Bonchev–Trinajstić information content (AvgIpc) is 1.86. The third-order valence-corrected chi connectivity index (χ3v) is 1.98. The third kappa shape index (κ3) is 2.31. The fourth-order valence-electron chi connectivity index (χ4n) is 0.777. The van der Waals surface area contributed by atoms with Crippen LogP contribution >= 0.6 is 12.8 Å². The minimum absolute atomic E-state index is 0.0645. The highest BCUT2D eigenvalue weighted by Crippen LogP contribution is 2.11. The summed E-state index contributed by atoms with van der Waals surface area (Å²) in [4.78, 5) is 11.3. The van der Waals surface area contributed by atoms with Crippen LogP contribution in [0.4, 0.5) is 0 Å². The molecule has 0 atom stereocenters. The fraction of sp³-hybridized carbons (Fsp3) is 0.857. The molecule has 0 aromatic carbocycles. The molecule has 0 aliphatic rings. The van der Waals surface area contributed by atoms with Crippen molar-refractivity contribution in [2.45, 2.75) is 33.2 Å². The summed E-state index contributed by atoms with van der Waals surface area (Å²) in [5.74, 6) is 0.247. The van der Waals surface area contributed by atoms with Crippen molar-refractivity contribution in [1.82, 2.24) is 4.72 Å².